The Morgan fingerprint density at radius 1 is 1.19 bits per heavy atom. The maximum absolute atomic E-state index is 12.4. The molecule has 1 amide bonds. The number of carboxylic acid groups (broad SMARTS) is 1. The van der Waals surface area contributed by atoms with Crippen molar-refractivity contribution in [2.75, 3.05) is 0 Å². The van der Waals surface area contributed by atoms with Gasteiger partial charge in [0, 0.05) is 16.1 Å². The van der Waals surface area contributed by atoms with Gasteiger partial charge in [0.25, 0.3) is 5.91 Å². The zero-order valence-corrected chi connectivity index (χ0v) is 12.8. The van der Waals surface area contributed by atoms with Crippen LogP contribution in [0.4, 0.5) is 0 Å². The molecule has 0 unspecified atom stereocenters. The number of fused-ring (bicyclic) bond motifs is 1. The van der Waals surface area contributed by atoms with Crippen molar-refractivity contribution in [2.24, 2.45) is 5.92 Å². The highest BCUT2D eigenvalue weighted by molar-refractivity contribution is 9.10. The molecule has 1 aliphatic carbocycles. The molecule has 0 aromatic heterocycles. The molecule has 2 N–H and O–H groups in total. The van der Waals surface area contributed by atoms with Gasteiger partial charge in [0.15, 0.2) is 0 Å². The van der Waals surface area contributed by atoms with Crippen LogP contribution in [0, 0.1) is 5.92 Å². The highest BCUT2D eigenvalue weighted by Crippen LogP contribution is 2.29. The molecule has 5 heteroatoms. The van der Waals surface area contributed by atoms with Crippen molar-refractivity contribution in [3.8, 4) is 0 Å². The lowest BCUT2D eigenvalue weighted by Crippen LogP contribution is -2.46. The maximum atomic E-state index is 12.4. The van der Waals surface area contributed by atoms with Crippen LogP contribution < -0.4 is 5.32 Å². The molecule has 0 atom stereocenters. The minimum atomic E-state index is -0.784. The summed E-state index contributed by atoms with van der Waals surface area (Å²) in [6, 6.07) is 11.4. The highest BCUT2D eigenvalue weighted by atomic mass is 79.9. The molecular weight excluding hydrogens is 334 g/mol. The average Bonchev–Trinajstić information content (AvgIpc) is 2.40. The summed E-state index contributed by atoms with van der Waals surface area (Å²) >= 11 is 3.42. The summed E-state index contributed by atoms with van der Waals surface area (Å²) in [5, 5.41) is 13.7. The molecule has 1 fully saturated rings. The molecule has 0 heterocycles. The van der Waals surface area contributed by atoms with E-state index in [1.165, 1.54) is 0 Å². The van der Waals surface area contributed by atoms with E-state index in [4.69, 9.17) is 5.11 Å². The molecule has 2 aromatic carbocycles. The topological polar surface area (TPSA) is 66.4 Å². The van der Waals surface area contributed by atoms with E-state index in [1.807, 2.05) is 30.3 Å². The Bertz CT molecular complexity index is 723. The van der Waals surface area contributed by atoms with Gasteiger partial charge in [0.2, 0.25) is 0 Å². The first kappa shape index (κ1) is 14.1. The first-order chi connectivity index (χ1) is 10.0. The largest absolute Gasteiger partial charge is 0.481 e. The Balaban J connectivity index is 1.81. The van der Waals surface area contributed by atoms with E-state index >= 15 is 0 Å². The quantitative estimate of drug-likeness (QED) is 0.895. The summed E-state index contributed by atoms with van der Waals surface area (Å²) < 4.78 is 0.850. The summed E-state index contributed by atoms with van der Waals surface area (Å²) in [6.45, 7) is 0. The van der Waals surface area contributed by atoms with Gasteiger partial charge in [-0.1, -0.05) is 40.2 Å². The van der Waals surface area contributed by atoms with Crippen LogP contribution in [-0.4, -0.2) is 23.0 Å². The molecule has 4 nitrogen and oxygen atoms in total. The number of hydrogen-bond donors (Lipinski definition) is 2. The second-order valence-corrected chi connectivity index (χ2v) is 6.27. The van der Waals surface area contributed by atoms with Crippen molar-refractivity contribution in [2.45, 2.75) is 18.9 Å². The fourth-order valence-corrected chi connectivity index (χ4v) is 3.14. The Morgan fingerprint density at radius 3 is 2.62 bits per heavy atom. The van der Waals surface area contributed by atoms with Gasteiger partial charge >= 0.3 is 5.97 Å². The number of nitrogens with one attached hydrogen (secondary N) is 1. The van der Waals surface area contributed by atoms with Gasteiger partial charge in [-0.05, 0) is 35.7 Å². The third-order valence-corrected chi connectivity index (χ3v) is 4.35. The number of aliphatic carboxylic acids is 1. The Labute approximate surface area is 130 Å². The fourth-order valence-electron chi connectivity index (χ4n) is 2.66. The van der Waals surface area contributed by atoms with Crippen molar-refractivity contribution in [1.82, 2.24) is 5.32 Å². The lowest BCUT2D eigenvalue weighted by Gasteiger charge is -2.32. The second-order valence-electron chi connectivity index (χ2n) is 5.35. The Morgan fingerprint density at radius 2 is 1.90 bits per heavy atom. The van der Waals surface area contributed by atoms with Crippen LogP contribution in [0.2, 0.25) is 0 Å². The molecule has 0 spiro atoms. The van der Waals surface area contributed by atoms with E-state index in [-0.39, 0.29) is 17.9 Å². The zero-order valence-electron chi connectivity index (χ0n) is 11.2. The van der Waals surface area contributed by atoms with E-state index in [2.05, 4.69) is 21.2 Å². The summed E-state index contributed by atoms with van der Waals surface area (Å²) in [7, 11) is 0. The van der Waals surface area contributed by atoms with Crippen LogP contribution in [0.15, 0.2) is 40.9 Å². The lowest BCUT2D eigenvalue weighted by molar-refractivity contribution is -0.145. The van der Waals surface area contributed by atoms with Crippen LogP contribution in [-0.2, 0) is 4.79 Å². The third kappa shape index (κ3) is 2.78. The zero-order chi connectivity index (χ0) is 15.0. The lowest BCUT2D eigenvalue weighted by atomic mass is 9.80. The standard InChI is InChI=1S/C16H14BrNO3/c17-11-5-9-3-1-2-4-13(9)14(8-11)15(19)18-12-6-10(7-12)16(20)21/h1-5,8,10,12H,6-7H2,(H,18,19)(H,20,21). The number of rotatable bonds is 3. The normalized spacial score (nSPS) is 20.8. The number of benzene rings is 2. The van der Waals surface area contributed by atoms with Gasteiger partial charge in [0.1, 0.15) is 0 Å². The van der Waals surface area contributed by atoms with Gasteiger partial charge in [-0.15, -0.1) is 0 Å². The fraction of sp³-hybridized carbons (Fsp3) is 0.250. The number of hydrogen-bond acceptors (Lipinski definition) is 2. The van der Waals surface area contributed by atoms with Gasteiger partial charge < -0.3 is 10.4 Å². The van der Waals surface area contributed by atoms with Gasteiger partial charge in [-0.2, -0.15) is 0 Å². The van der Waals surface area contributed by atoms with Crippen molar-refractivity contribution >= 4 is 38.6 Å². The number of amides is 1. The molecule has 0 radical (unpaired) electrons. The molecule has 1 saturated carbocycles. The monoisotopic (exact) mass is 347 g/mol. The molecule has 21 heavy (non-hydrogen) atoms. The van der Waals surface area contributed by atoms with E-state index in [9.17, 15) is 9.59 Å². The predicted molar refractivity (Wildman–Crippen MR) is 83.3 cm³/mol. The molecule has 3 rings (SSSR count). The first-order valence-corrected chi connectivity index (χ1v) is 7.56. The first-order valence-electron chi connectivity index (χ1n) is 6.76. The molecule has 2 aromatic rings. The second kappa shape index (κ2) is 5.48. The van der Waals surface area contributed by atoms with E-state index < -0.39 is 5.97 Å². The van der Waals surface area contributed by atoms with Crippen molar-refractivity contribution < 1.29 is 14.7 Å². The maximum Gasteiger partial charge on any atom is 0.306 e. The van der Waals surface area contributed by atoms with Gasteiger partial charge in [-0.3, -0.25) is 9.59 Å². The smallest absolute Gasteiger partial charge is 0.306 e. The summed E-state index contributed by atoms with van der Waals surface area (Å²) in [5.74, 6) is -1.26. The van der Waals surface area contributed by atoms with Gasteiger partial charge in [0.05, 0.1) is 5.92 Å². The van der Waals surface area contributed by atoms with Crippen molar-refractivity contribution in [3.05, 3.63) is 46.4 Å². The van der Waals surface area contributed by atoms with Crippen molar-refractivity contribution in [3.63, 3.8) is 0 Å². The Hall–Kier alpha value is -1.88. The minimum absolute atomic E-state index is 0.0451. The number of carboxylic acids is 1. The van der Waals surface area contributed by atoms with E-state index in [0.29, 0.717) is 18.4 Å². The predicted octanol–water partition coefficient (Wildman–Crippen LogP) is 3.20. The van der Waals surface area contributed by atoms with Crippen LogP contribution >= 0.6 is 15.9 Å². The molecular formula is C16H14BrNO3. The highest BCUT2D eigenvalue weighted by Gasteiger charge is 2.35. The number of carbonyl (C=O) groups is 2. The molecule has 0 aliphatic heterocycles. The van der Waals surface area contributed by atoms with E-state index in [1.54, 1.807) is 6.07 Å². The van der Waals surface area contributed by atoms with Crippen LogP contribution in [0.25, 0.3) is 10.8 Å². The van der Waals surface area contributed by atoms with Gasteiger partial charge in [-0.25, -0.2) is 0 Å². The summed E-state index contributed by atoms with van der Waals surface area (Å²) in [5.41, 5.74) is 0.610. The number of carbonyl (C=O) groups excluding carboxylic acids is 1. The van der Waals surface area contributed by atoms with E-state index in [0.717, 1.165) is 15.2 Å². The average molecular weight is 348 g/mol. The minimum Gasteiger partial charge on any atom is -0.481 e. The van der Waals surface area contributed by atoms with Crippen LogP contribution in [0.3, 0.4) is 0 Å². The Kier molecular flexibility index (Phi) is 3.68. The molecule has 1 aliphatic rings. The number of halogens is 1. The molecule has 0 saturated heterocycles. The molecule has 108 valence electrons. The SMILES string of the molecule is O=C(NC1CC(C(=O)O)C1)c1cc(Br)cc2ccccc12. The summed E-state index contributed by atoms with van der Waals surface area (Å²) in [4.78, 5) is 23.2. The van der Waals surface area contributed by atoms with Crippen molar-refractivity contribution in [1.29, 1.82) is 0 Å². The molecule has 0 bridgehead atoms. The third-order valence-electron chi connectivity index (χ3n) is 3.89. The summed E-state index contributed by atoms with van der Waals surface area (Å²) in [6.07, 6.45) is 1.01. The van der Waals surface area contributed by atoms with Crippen LogP contribution in [0.1, 0.15) is 23.2 Å². The van der Waals surface area contributed by atoms with Crippen LogP contribution in [0.5, 0.6) is 0 Å².